The lowest BCUT2D eigenvalue weighted by Gasteiger charge is -2.36. The number of urea groups is 1. The fourth-order valence-corrected chi connectivity index (χ4v) is 5.62. The first-order valence-electron chi connectivity index (χ1n) is 12.9. The Morgan fingerprint density at radius 3 is 2.42 bits per heavy atom. The summed E-state index contributed by atoms with van der Waals surface area (Å²) in [5, 5.41) is 10.0. The van der Waals surface area contributed by atoms with Crippen LogP contribution in [0.15, 0.2) is 36.4 Å². The normalized spacial score (nSPS) is 20.3. The number of fused-ring (bicyclic) bond motifs is 1. The van der Waals surface area contributed by atoms with Crippen molar-refractivity contribution in [2.75, 3.05) is 13.1 Å². The Balaban J connectivity index is 1.27. The van der Waals surface area contributed by atoms with Crippen molar-refractivity contribution in [3.8, 4) is 17.3 Å². The number of imidazole rings is 1. The van der Waals surface area contributed by atoms with Gasteiger partial charge < -0.3 is 25.5 Å². The van der Waals surface area contributed by atoms with E-state index in [1.54, 1.807) is 24.8 Å². The molecule has 0 unspecified atom stereocenters. The second-order valence-corrected chi connectivity index (χ2v) is 11.1. The third-order valence-electron chi connectivity index (χ3n) is 7.98. The fraction of sp³-hybridized carbons (Fsp3) is 0.429. The highest BCUT2D eigenvalue weighted by molar-refractivity contribution is 6.33. The number of carbonyl (C=O) groups excluding carboxylic acids is 1. The third kappa shape index (κ3) is 5.20. The van der Waals surface area contributed by atoms with Crippen LogP contribution in [-0.4, -0.2) is 56.2 Å². The number of pyridine rings is 1. The summed E-state index contributed by atoms with van der Waals surface area (Å²) in [6.07, 6.45) is 5.92. The molecule has 2 amide bonds. The van der Waals surface area contributed by atoms with Crippen molar-refractivity contribution < 1.29 is 19.4 Å². The number of aromatic amines is 1. The molecule has 1 fully saturated rings. The number of amides is 2. The van der Waals surface area contributed by atoms with Crippen LogP contribution in [0.5, 0.6) is 6.01 Å². The van der Waals surface area contributed by atoms with E-state index in [2.05, 4.69) is 9.97 Å². The summed E-state index contributed by atoms with van der Waals surface area (Å²) in [5.74, 6) is -0.626. The molecule has 0 spiro atoms. The van der Waals surface area contributed by atoms with Gasteiger partial charge in [-0.2, -0.15) is 4.98 Å². The Morgan fingerprint density at radius 1 is 1.13 bits per heavy atom. The smallest absolute Gasteiger partial charge is 0.315 e. The molecule has 4 N–H and O–H groups in total. The van der Waals surface area contributed by atoms with E-state index in [1.165, 1.54) is 5.57 Å². The number of carbonyl (C=O) groups is 2. The van der Waals surface area contributed by atoms with Gasteiger partial charge in [-0.25, -0.2) is 9.78 Å². The number of benzene rings is 1. The van der Waals surface area contributed by atoms with Gasteiger partial charge in [0.05, 0.1) is 21.6 Å². The van der Waals surface area contributed by atoms with Crippen LogP contribution in [0, 0.1) is 11.3 Å². The number of nitrogens with one attached hydrogen (secondary N) is 1. The maximum Gasteiger partial charge on any atom is 0.315 e. The molecule has 9 nitrogen and oxygen atoms in total. The molecule has 0 radical (unpaired) electrons. The van der Waals surface area contributed by atoms with Crippen LogP contribution in [0.4, 0.5) is 4.79 Å². The molecule has 3 aromatic rings. The second kappa shape index (κ2) is 10.3. The molecule has 0 saturated heterocycles. The van der Waals surface area contributed by atoms with Gasteiger partial charge in [-0.1, -0.05) is 41.9 Å². The Bertz CT molecular complexity index is 1390. The van der Waals surface area contributed by atoms with Crippen molar-refractivity contribution in [1.82, 2.24) is 19.9 Å². The molecular weight excluding hydrogens is 506 g/mol. The van der Waals surface area contributed by atoms with Gasteiger partial charge in [0.1, 0.15) is 6.10 Å². The monoisotopic (exact) mass is 537 g/mol. The number of hydrogen-bond donors (Lipinski definition) is 3. The van der Waals surface area contributed by atoms with E-state index >= 15 is 0 Å². The van der Waals surface area contributed by atoms with Crippen molar-refractivity contribution in [3.05, 3.63) is 47.0 Å². The van der Waals surface area contributed by atoms with Gasteiger partial charge in [0.25, 0.3) is 6.01 Å². The van der Waals surface area contributed by atoms with Crippen LogP contribution >= 0.6 is 11.6 Å². The first kappa shape index (κ1) is 26.0. The highest BCUT2D eigenvalue weighted by Crippen LogP contribution is 2.39. The maximum absolute atomic E-state index is 11.6. The number of carboxylic acid groups (broad SMARTS) is 1. The van der Waals surface area contributed by atoms with Crippen molar-refractivity contribution in [2.24, 2.45) is 17.1 Å². The molecular formula is C28H32ClN5O4. The number of halogens is 1. The van der Waals surface area contributed by atoms with E-state index in [1.807, 2.05) is 30.3 Å². The van der Waals surface area contributed by atoms with Crippen LogP contribution in [0.3, 0.4) is 0 Å². The molecule has 1 aromatic carbocycles. The number of H-pyrrole nitrogens is 1. The number of nitrogens with two attached hydrogens (primary N) is 1. The molecule has 1 aliphatic heterocycles. The molecule has 200 valence electrons. The van der Waals surface area contributed by atoms with Crippen molar-refractivity contribution in [1.29, 1.82) is 0 Å². The molecule has 3 heterocycles. The maximum atomic E-state index is 11.6. The highest BCUT2D eigenvalue weighted by Gasteiger charge is 2.39. The molecule has 1 aliphatic carbocycles. The van der Waals surface area contributed by atoms with E-state index in [4.69, 9.17) is 27.1 Å². The van der Waals surface area contributed by atoms with Gasteiger partial charge in [-0.05, 0) is 69.1 Å². The minimum atomic E-state index is -0.754. The van der Waals surface area contributed by atoms with Crippen molar-refractivity contribution in [2.45, 2.75) is 52.1 Å². The molecule has 0 atom stereocenters. The summed E-state index contributed by atoms with van der Waals surface area (Å²) >= 11 is 6.60. The zero-order chi connectivity index (χ0) is 27.0. The van der Waals surface area contributed by atoms with E-state index in [0.717, 1.165) is 43.2 Å². The molecule has 2 aromatic heterocycles. The average molecular weight is 538 g/mol. The van der Waals surface area contributed by atoms with Crippen LogP contribution in [-0.2, 0) is 4.79 Å². The molecule has 2 aliphatic rings. The van der Waals surface area contributed by atoms with Crippen LogP contribution in [0.25, 0.3) is 28.0 Å². The summed E-state index contributed by atoms with van der Waals surface area (Å²) in [6.45, 7) is 4.72. The van der Waals surface area contributed by atoms with Crippen molar-refractivity contribution >= 4 is 40.3 Å². The average Bonchev–Trinajstić information content (AvgIpc) is 3.29. The van der Waals surface area contributed by atoms with Crippen LogP contribution < -0.4 is 10.5 Å². The summed E-state index contributed by atoms with van der Waals surface area (Å²) in [7, 11) is 0. The summed E-state index contributed by atoms with van der Waals surface area (Å²) in [5.41, 5.74) is 9.63. The lowest BCUT2D eigenvalue weighted by atomic mass is 9.70. The van der Waals surface area contributed by atoms with Gasteiger partial charge in [-0.3, -0.25) is 4.79 Å². The molecule has 1 saturated carbocycles. The van der Waals surface area contributed by atoms with E-state index in [-0.39, 0.29) is 12.0 Å². The third-order valence-corrected chi connectivity index (χ3v) is 8.27. The number of rotatable bonds is 6. The Kier molecular flexibility index (Phi) is 7.05. The zero-order valence-electron chi connectivity index (χ0n) is 21.5. The Morgan fingerprint density at radius 2 is 1.82 bits per heavy atom. The fourth-order valence-electron chi connectivity index (χ4n) is 5.36. The number of primary amides is 1. The minimum absolute atomic E-state index is 0.0250. The van der Waals surface area contributed by atoms with Gasteiger partial charge in [-0.15, -0.1) is 0 Å². The van der Waals surface area contributed by atoms with Gasteiger partial charge in [0.2, 0.25) is 0 Å². The Hall–Kier alpha value is -3.59. The number of hydrogen-bond acceptors (Lipinski definition) is 5. The second-order valence-electron chi connectivity index (χ2n) is 10.7. The Labute approximate surface area is 226 Å². The summed E-state index contributed by atoms with van der Waals surface area (Å²) in [6, 6.07) is 9.84. The molecule has 38 heavy (non-hydrogen) atoms. The van der Waals surface area contributed by atoms with Gasteiger partial charge in [0.15, 0.2) is 5.65 Å². The predicted molar refractivity (Wildman–Crippen MR) is 146 cm³/mol. The number of aliphatic carboxylic acids is 1. The number of aromatic nitrogens is 3. The SMILES string of the molecule is CC(C)(C(=O)O)[C@H]1CC[C@H](Oc2nc3nc(-c4ccc(C5=CCN(C(N)=O)CC5)cc4)c(Cl)cc3[nH]2)CC1. The van der Waals surface area contributed by atoms with Crippen LogP contribution in [0.1, 0.15) is 51.5 Å². The van der Waals surface area contributed by atoms with E-state index < -0.39 is 17.4 Å². The molecule has 0 bridgehead atoms. The van der Waals surface area contributed by atoms with Gasteiger partial charge >= 0.3 is 12.0 Å². The standard InChI is InChI=1S/C28H32ClN5O4/c1-28(2,25(35)36)19-7-9-20(10-8-19)38-27-31-22-15-21(29)23(32-24(22)33-27)18-5-3-16(4-6-18)17-11-13-34(14-12-17)26(30)37/h3-6,11,15,19-20H,7-10,12-14H2,1-2H3,(H2,30,37)(H,35,36)(H,31,32,33)/t19-,20-. The largest absolute Gasteiger partial charge is 0.481 e. The molecule has 5 rings (SSSR count). The van der Waals surface area contributed by atoms with Crippen LogP contribution in [0.2, 0.25) is 5.02 Å². The predicted octanol–water partition coefficient (Wildman–Crippen LogP) is 5.49. The zero-order valence-corrected chi connectivity index (χ0v) is 22.3. The number of carboxylic acids is 1. The lowest BCUT2D eigenvalue weighted by Crippen LogP contribution is -2.38. The first-order chi connectivity index (χ1) is 18.1. The topological polar surface area (TPSA) is 134 Å². The minimum Gasteiger partial charge on any atom is -0.481 e. The number of nitrogens with zero attached hydrogens (tertiary/aromatic N) is 3. The summed E-state index contributed by atoms with van der Waals surface area (Å²) in [4.78, 5) is 37.0. The summed E-state index contributed by atoms with van der Waals surface area (Å²) < 4.78 is 6.12. The quantitative estimate of drug-likeness (QED) is 0.380. The lowest BCUT2D eigenvalue weighted by molar-refractivity contribution is -0.151. The highest BCUT2D eigenvalue weighted by atomic mass is 35.5. The molecule has 10 heteroatoms. The van der Waals surface area contributed by atoms with E-state index in [9.17, 15) is 14.7 Å². The van der Waals surface area contributed by atoms with Crippen molar-refractivity contribution in [3.63, 3.8) is 0 Å². The van der Waals surface area contributed by atoms with Gasteiger partial charge in [0, 0.05) is 18.7 Å². The van der Waals surface area contributed by atoms with E-state index in [0.29, 0.717) is 41.0 Å². The number of ether oxygens (including phenoxy) is 1. The first-order valence-corrected chi connectivity index (χ1v) is 13.3.